The van der Waals surface area contributed by atoms with E-state index < -0.39 is 31.1 Å². The van der Waals surface area contributed by atoms with Crippen molar-refractivity contribution in [3.05, 3.63) is 48.0 Å². The number of aromatic nitrogens is 2. The molecule has 0 aliphatic carbocycles. The molecule has 0 saturated carbocycles. The Balaban J connectivity index is 1.57. The van der Waals surface area contributed by atoms with Crippen molar-refractivity contribution in [1.29, 1.82) is 0 Å². The number of hydrogen-bond donors (Lipinski definition) is 5. The molecule has 10 heteroatoms. The van der Waals surface area contributed by atoms with E-state index in [0.29, 0.717) is 42.5 Å². The van der Waals surface area contributed by atoms with Gasteiger partial charge in [-0.05, 0) is 42.7 Å². The number of benzene rings is 2. The Kier molecular flexibility index (Phi) is 7.86. The number of para-hydroxylation sites is 2. The first-order valence-corrected chi connectivity index (χ1v) is 11.3. The molecule has 184 valence electrons. The Morgan fingerprint density at radius 2 is 1.88 bits per heavy atom. The molecule has 4 atom stereocenters. The zero-order valence-corrected chi connectivity index (χ0v) is 19.0. The average molecular weight is 474 g/mol. The second kappa shape index (κ2) is 11.0. The number of aliphatic hydroxyl groups excluding tert-OH is 4. The Bertz CT molecular complexity index is 1090. The molecule has 0 amide bonds. The number of rotatable bonds is 11. The molecule has 3 aromatic rings. The monoisotopic (exact) mass is 473 g/mol. The molecule has 0 spiro atoms. The Hall–Kier alpha value is -2.89. The number of anilines is 1. The van der Waals surface area contributed by atoms with Gasteiger partial charge in [-0.2, -0.15) is 0 Å². The van der Waals surface area contributed by atoms with Crippen LogP contribution in [0.2, 0.25) is 0 Å². The zero-order chi connectivity index (χ0) is 24.1. The van der Waals surface area contributed by atoms with Gasteiger partial charge in [-0.3, -0.25) is 4.57 Å². The number of fused-ring (bicyclic) bond motifs is 1. The van der Waals surface area contributed by atoms with Crippen molar-refractivity contribution >= 4 is 17.0 Å². The maximum absolute atomic E-state index is 10.6. The summed E-state index contributed by atoms with van der Waals surface area (Å²) in [6, 6.07) is 13.0. The third-order valence-corrected chi connectivity index (χ3v) is 5.86. The lowest BCUT2D eigenvalue weighted by Gasteiger charge is -2.20. The first kappa shape index (κ1) is 24.2. The summed E-state index contributed by atoms with van der Waals surface area (Å²) in [5.41, 5.74) is 2.34. The number of ether oxygens (including phenoxy) is 3. The van der Waals surface area contributed by atoms with Crippen LogP contribution in [-0.4, -0.2) is 75.2 Å². The molecule has 0 unspecified atom stereocenters. The zero-order valence-electron chi connectivity index (χ0n) is 19.0. The van der Waals surface area contributed by atoms with Crippen molar-refractivity contribution in [1.82, 2.24) is 9.55 Å². The molecule has 0 bridgehead atoms. The van der Waals surface area contributed by atoms with Gasteiger partial charge in [0.2, 0.25) is 5.95 Å². The number of methoxy groups -OCH3 is 1. The minimum Gasteiger partial charge on any atom is -0.493 e. The number of hydrogen-bond acceptors (Lipinski definition) is 9. The fourth-order valence-electron chi connectivity index (χ4n) is 4.04. The number of nitrogens with one attached hydrogen (secondary N) is 1. The highest BCUT2D eigenvalue weighted by Gasteiger charge is 2.44. The van der Waals surface area contributed by atoms with Gasteiger partial charge in [0.15, 0.2) is 17.7 Å². The van der Waals surface area contributed by atoms with E-state index in [4.69, 9.17) is 19.3 Å². The predicted octanol–water partition coefficient (Wildman–Crippen LogP) is 1.42. The highest BCUT2D eigenvalue weighted by Crippen LogP contribution is 2.35. The van der Waals surface area contributed by atoms with Crippen molar-refractivity contribution in [3.63, 3.8) is 0 Å². The molecular formula is C24H31N3O7. The van der Waals surface area contributed by atoms with E-state index >= 15 is 0 Å². The average Bonchev–Trinajstić information content (AvgIpc) is 3.36. The summed E-state index contributed by atoms with van der Waals surface area (Å²) in [7, 11) is 1.58. The van der Waals surface area contributed by atoms with Gasteiger partial charge in [-0.15, -0.1) is 0 Å². The topological polar surface area (TPSA) is 138 Å². The van der Waals surface area contributed by atoms with Gasteiger partial charge in [-0.1, -0.05) is 18.2 Å². The number of nitrogens with zero attached hydrogens (tertiary/aromatic N) is 2. The highest BCUT2D eigenvalue weighted by molar-refractivity contribution is 5.78. The molecule has 2 aromatic carbocycles. The van der Waals surface area contributed by atoms with E-state index in [1.807, 2.05) is 42.5 Å². The maximum atomic E-state index is 10.6. The minimum atomic E-state index is -1.23. The van der Waals surface area contributed by atoms with E-state index in [2.05, 4.69) is 10.3 Å². The fourth-order valence-corrected chi connectivity index (χ4v) is 4.04. The maximum Gasteiger partial charge on any atom is 0.206 e. The first-order valence-electron chi connectivity index (χ1n) is 11.3. The van der Waals surface area contributed by atoms with Crippen molar-refractivity contribution < 1.29 is 34.6 Å². The quantitative estimate of drug-likeness (QED) is 0.262. The normalized spacial score (nSPS) is 22.3. The van der Waals surface area contributed by atoms with Gasteiger partial charge in [0.1, 0.15) is 18.3 Å². The Morgan fingerprint density at radius 3 is 2.62 bits per heavy atom. The molecule has 1 saturated heterocycles. The smallest absolute Gasteiger partial charge is 0.206 e. The lowest BCUT2D eigenvalue weighted by Crippen LogP contribution is -2.33. The van der Waals surface area contributed by atoms with Crippen LogP contribution < -0.4 is 14.8 Å². The van der Waals surface area contributed by atoms with Gasteiger partial charge < -0.3 is 40.0 Å². The standard InChI is InChI=1S/C24H31N3O7/c1-32-18-9-8-15(12-19(18)33-11-5-4-10-28)13-25-24-26-16-6-2-3-7-17(16)27(24)23-22(31)21(30)20(14-29)34-23/h2-3,6-9,12,20-23,28-31H,4-5,10-11,13-14H2,1H3,(H,25,26)/t20-,21-,22-,23-/m1/s1. The van der Waals surface area contributed by atoms with Crippen LogP contribution in [0.3, 0.4) is 0 Å². The van der Waals surface area contributed by atoms with Crippen molar-refractivity contribution in [3.8, 4) is 11.5 Å². The van der Waals surface area contributed by atoms with Crippen molar-refractivity contribution in [2.45, 2.75) is 43.9 Å². The van der Waals surface area contributed by atoms with Crippen LogP contribution in [0, 0.1) is 0 Å². The number of aliphatic hydroxyl groups is 4. The summed E-state index contributed by atoms with van der Waals surface area (Å²) in [5.74, 6) is 1.68. The van der Waals surface area contributed by atoms with E-state index in [1.165, 1.54) is 0 Å². The second-order valence-electron chi connectivity index (χ2n) is 8.14. The van der Waals surface area contributed by atoms with Gasteiger partial charge in [-0.25, -0.2) is 4.98 Å². The molecule has 1 fully saturated rings. The molecule has 34 heavy (non-hydrogen) atoms. The summed E-state index contributed by atoms with van der Waals surface area (Å²) in [4.78, 5) is 4.65. The third kappa shape index (κ3) is 4.96. The summed E-state index contributed by atoms with van der Waals surface area (Å²) in [5, 5.41) is 42.6. The van der Waals surface area contributed by atoms with Crippen LogP contribution in [0.5, 0.6) is 11.5 Å². The molecule has 5 N–H and O–H groups in total. The summed E-state index contributed by atoms with van der Waals surface area (Å²) in [6.07, 6.45) is -2.84. The lowest BCUT2D eigenvalue weighted by molar-refractivity contribution is -0.0499. The van der Waals surface area contributed by atoms with E-state index in [-0.39, 0.29) is 6.61 Å². The van der Waals surface area contributed by atoms with Crippen LogP contribution in [0.15, 0.2) is 42.5 Å². The summed E-state index contributed by atoms with van der Waals surface area (Å²) >= 11 is 0. The SMILES string of the molecule is COc1ccc(CNc2nc3ccccc3n2[C@@H]2O[C@H](CO)[C@@H](O)[C@H]2O)cc1OCCCCO. The predicted molar refractivity (Wildman–Crippen MR) is 125 cm³/mol. The van der Waals surface area contributed by atoms with Crippen LogP contribution in [0.4, 0.5) is 5.95 Å². The molecule has 1 aliphatic rings. The van der Waals surface area contributed by atoms with Crippen LogP contribution in [0.25, 0.3) is 11.0 Å². The highest BCUT2D eigenvalue weighted by atomic mass is 16.6. The van der Waals surface area contributed by atoms with Gasteiger partial charge in [0.05, 0.1) is 31.4 Å². The van der Waals surface area contributed by atoms with E-state index in [9.17, 15) is 15.3 Å². The van der Waals surface area contributed by atoms with E-state index in [0.717, 1.165) is 17.5 Å². The Morgan fingerprint density at radius 1 is 1.06 bits per heavy atom. The molecule has 10 nitrogen and oxygen atoms in total. The summed E-state index contributed by atoms with van der Waals surface area (Å²) in [6.45, 7) is 0.585. The molecular weight excluding hydrogens is 442 g/mol. The number of imidazole rings is 1. The van der Waals surface area contributed by atoms with Crippen molar-refractivity contribution in [2.75, 3.05) is 32.2 Å². The van der Waals surface area contributed by atoms with Crippen LogP contribution in [0.1, 0.15) is 24.6 Å². The molecule has 0 radical (unpaired) electrons. The molecule has 2 heterocycles. The molecule has 1 aromatic heterocycles. The van der Waals surface area contributed by atoms with Crippen molar-refractivity contribution in [2.24, 2.45) is 0 Å². The molecule has 4 rings (SSSR count). The Labute approximate surface area is 197 Å². The lowest BCUT2D eigenvalue weighted by atomic mass is 10.1. The molecule has 1 aliphatic heterocycles. The largest absolute Gasteiger partial charge is 0.493 e. The van der Waals surface area contributed by atoms with Gasteiger partial charge >= 0.3 is 0 Å². The van der Waals surface area contributed by atoms with Gasteiger partial charge in [0, 0.05) is 13.2 Å². The fraction of sp³-hybridized carbons (Fsp3) is 0.458. The summed E-state index contributed by atoms with van der Waals surface area (Å²) < 4.78 is 18.7. The van der Waals surface area contributed by atoms with Crippen LogP contribution >= 0.6 is 0 Å². The minimum absolute atomic E-state index is 0.126. The third-order valence-electron chi connectivity index (χ3n) is 5.86. The number of unbranched alkanes of at least 4 members (excludes halogenated alkanes) is 1. The second-order valence-corrected chi connectivity index (χ2v) is 8.14. The first-order chi connectivity index (χ1) is 16.6. The van der Waals surface area contributed by atoms with Gasteiger partial charge in [0.25, 0.3) is 0 Å². The van der Waals surface area contributed by atoms with E-state index in [1.54, 1.807) is 11.7 Å². The van der Waals surface area contributed by atoms with Crippen LogP contribution in [-0.2, 0) is 11.3 Å².